The summed E-state index contributed by atoms with van der Waals surface area (Å²) in [6.07, 6.45) is 8.88. The van der Waals surface area contributed by atoms with Crippen LogP contribution in [0.15, 0.2) is 41.2 Å². The third-order valence-electron chi connectivity index (χ3n) is 9.04. The van der Waals surface area contributed by atoms with Crippen molar-refractivity contribution in [2.24, 2.45) is 0 Å². The number of likely N-dealkylation sites (tertiary alicyclic amines) is 2. The third kappa shape index (κ3) is 8.00. The number of fused-ring (bicyclic) bond motifs is 2. The molecule has 0 spiro atoms. The Morgan fingerprint density at radius 3 is 1.88 bits per heavy atom. The maximum absolute atomic E-state index is 13.4. The minimum Gasteiger partial charge on any atom is -0.396 e. The Bertz CT molecular complexity index is 1470. The van der Waals surface area contributed by atoms with Gasteiger partial charge in [0.15, 0.2) is 5.43 Å². The van der Waals surface area contributed by atoms with E-state index >= 15 is 0 Å². The van der Waals surface area contributed by atoms with Gasteiger partial charge in [-0.3, -0.25) is 24.2 Å². The van der Waals surface area contributed by atoms with E-state index in [-0.39, 0.29) is 30.5 Å². The molecule has 2 amide bonds. The summed E-state index contributed by atoms with van der Waals surface area (Å²) in [4.78, 5) is 46.8. The van der Waals surface area contributed by atoms with Crippen LogP contribution in [0.1, 0.15) is 64.2 Å². The van der Waals surface area contributed by atoms with Gasteiger partial charge in [0.1, 0.15) is 0 Å². The molecule has 10 heteroatoms. The molecule has 2 aromatic carbocycles. The number of hydrogen-bond acceptors (Lipinski definition) is 7. The number of aliphatic hydroxyl groups is 2. The van der Waals surface area contributed by atoms with E-state index in [1.165, 1.54) is 6.42 Å². The maximum atomic E-state index is 13.4. The summed E-state index contributed by atoms with van der Waals surface area (Å²) in [5.41, 5.74) is 2.34. The van der Waals surface area contributed by atoms with Crippen LogP contribution >= 0.6 is 0 Å². The number of aliphatic hydroxyl groups excluding tert-OH is 2. The van der Waals surface area contributed by atoms with Crippen molar-refractivity contribution in [3.8, 4) is 0 Å². The van der Waals surface area contributed by atoms with Crippen molar-refractivity contribution in [1.82, 2.24) is 14.8 Å². The minimum absolute atomic E-state index is 0.0830. The number of aromatic nitrogens is 1. The van der Waals surface area contributed by atoms with Gasteiger partial charge in [-0.05, 0) is 88.0 Å². The lowest BCUT2D eigenvalue weighted by Gasteiger charge is -2.35. The molecule has 3 heterocycles. The van der Waals surface area contributed by atoms with Crippen molar-refractivity contribution >= 4 is 45.0 Å². The van der Waals surface area contributed by atoms with Crippen molar-refractivity contribution < 1.29 is 19.8 Å². The lowest BCUT2D eigenvalue weighted by atomic mass is 9.99. The Hall–Kier alpha value is -3.31. The van der Waals surface area contributed by atoms with Crippen LogP contribution in [0.25, 0.3) is 21.8 Å². The standard InChI is InChI=1S/C33H45N5O5/c39-19-13-25-5-1-3-15-37(25)17-11-31(41)34-23-8-10-29-28(21-23)33(43)27-9-7-24(22-30(27)36-29)35-32(42)12-18-38-16-4-2-6-26(38)14-20-40/h7-10,21-22,25-26,39-40H,1-6,11-20H2,(H,34,41)(H,35,42)(H,36,43). The van der Waals surface area contributed by atoms with Crippen LogP contribution < -0.4 is 16.1 Å². The number of nitrogens with one attached hydrogen (secondary N) is 3. The molecule has 0 radical (unpaired) electrons. The zero-order valence-corrected chi connectivity index (χ0v) is 24.9. The smallest absolute Gasteiger partial charge is 0.225 e. The number of piperidine rings is 2. The number of amides is 2. The topological polar surface area (TPSA) is 138 Å². The number of hydrogen-bond donors (Lipinski definition) is 5. The van der Waals surface area contributed by atoms with E-state index in [1.54, 1.807) is 36.4 Å². The summed E-state index contributed by atoms with van der Waals surface area (Å²) in [7, 11) is 0. The molecule has 2 aliphatic heterocycles. The van der Waals surface area contributed by atoms with Gasteiger partial charge in [-0.25, -0.2) is 0 Å². The number of carbonyl (C=O) groups is 2. The maximum Gasteiger partial charge on any atom is 0.225 e. The molecule has 0 bridgehead atoms. The fraction of sp³-hybridized carbons (Fsp3) is 0.545. The van der Waals surface area contributed by atoms with E-state index in [2.05, 4.69) is 25.4 Å². The van der Waals surface area contributed by atoms with Crippen molar-refractivity contribution in [3.63, 3.8) is 0 Å². The van der Waals surface area contributed by atoms with Gasteiger partial charge in [-0.2, -0.15) is 0 Å². The summed E-state index contributed by atoms with van der Waals surface area (Å²) in [6.45, 7) is 3.54. The fourth-order valence-corrected chi connectivity index (χ4v) is 6.73. The predicted molar refractivity (Wildman–Crippen MR) is 170 cm³/mol. The van der Waals surface area contributed by atoms with Crippen molar-refractivity contribution in [1.29, 1.82) is 0 Å². The molecule has 2 fully saturated rings. The molecule has 5 rings (SSSR count). The van der Waals surface area contributed by atoms with Crippen molar-refractivity contribution in [2.75, 3.05) is 50.0 Å². The highest BCUT2D eigenvalue weighted by atomic mass is 16.3. The molecular weight excluding hydrogens is 546 g/mol. The summed E-state index contributed by atoms with van der Waals surface area (Å²) in [5.74, 6) is -0.185. The van der Waals surface area contributed by atoms with E-state index in [0.29, 0.717) is 71.2 Å². The highest BCUT2D eigenvalue weighted by Gasteiger charge is 2.23. The molecule has 0 aliphatic carbocycles. The molecule has 5 N–H and O–H groups in total. The summed E-state index contributed by atoms with van der Waals surface area (Å²) < 4.78 is 0. The first kappa shape index (κ1) is 31.1. The highest BCUT2D eigenvalue weighted by molar-refractivity contribution is 5.99. The lowest BCUT2D eigenvalue weighted by molar-refractivity contribution is -0.117. The third-order valence-corrected chi connectivity index (χ3v) is 9.04. The monoisotopic (exact) mass is 591 g/mol. The van der Waals surface area contributed by atoms with Crippen LogP contribution in [-0.4, -0.2) is 88.3 Å². The fourth-order valence-electron chi connectivity index (χ4n) is 6.73. The Labute approximate surface area is 252 Å². The zero-order chi connectivity index (χ0) is 30.2. The second kappa shape index (κ2) is 14.9. The largest absolute Gasteiger partial charge is 0.396 e. The van der Waals surface area contributed by atoms with Crippen LogP contribution in [0.2, 0.25) is 0 Å². The number of pyridine rings is 1. The minimum atomic E-state index is -0.141. The SMILES string of the molecule is O=C(CCN1CCCCC1CCO)Nc1ccc2c(=O)c3cc(NC(=O)CCN4CCCCC4CCO)ccc3[nH]c2c1. The first-order valence-electron chi connectivity index (χ1n) is 15.8. The molecule has 0 saturated carbocycles. The average molecular weight is 592 g/mol. The first-order valence-corrected chi connectivity index (χ1v) is 15.8. The highest BCUT2D eigenvalue weighted by Crippen LogP contribution is 2.23. The van der Waals surface area contributed by atoms with E-state index < -0.39 is 0 Å². The van der Waals surface area contributed by atoms with Gasteiger partial charge < -0.3 is 25.8 Å². The van der Waals surface area contributed by atoms with Crippen LogP contribution in [-0.2, 0) is 9.59 Å². The van der Waals surface area contributed by atoms with Crippen molar-refractivity contribution in [3.05, 3.63) is 46.6 Å². The Balaban J connectivity index is 1.20. The van der Waals surface area contributed by atoms with E-state index in [1.807, 2.05) is 0 Å². The Morgan fingerprint density at radius 2 is 1.30 bits per heavy atom. The van der Waals surface area contributed by atoms with Gasteiger partial charge in [0.05, 0.1) is 5.52 Å². The first-order chi connectivity index (χ1) is 20.9. The Morgan fingerprint density at radius 1 is 0.744 bits per heavy atom. The zero-order valence-electron chi connectivity index (χ0n) is 24.9. The molecule has 43 heavy (non-hydrogen) atoms. The summed E-state index contributed by atoms with van der Waals surface area (Å²) in [6, 6.07) is 11.2. The van der Waals surface area contributed by atoms with Gasteiger partial charge in [-0.1, -0.05) is 12.8 Å². The number of carbonyl (C=O) groups excluding carboxylic acids is 2. The molecular formula is C33H45N5O5. The average Bonchev–Trinajstić information content (AvgIpc) is 3.01. The number of benzene rings is 2. The molecule has 10 nitrogen and oxygen atoms in total. The molecule has 2 unspecified atom stereocenters. The molecule has 2 atom stereocenters. The van der Waals surface area contributed by atoms with Gasteiger partial charge >= 0.3 is 0 Å². The van der Waals surface area contributed by atoms with Crippen LogP contribution in [0.5, 0.6) is 0 Å². The summed E-state index contributed by atoms with van der Waals surface area (Å²) >= 11 is 0. The van der Waals surface area contributed by atoms with Crippen LogP contribution in [0, 0.1) is 0 Å². The normalized spacial score (nSPS) is 20.0. The summed E-state index contributed by atoms with van der Waals surface area (Å²) in [5, 5.41) is 25.6. The number of H-pyrrole nitrogens is 1. The van der Waals surface area contributed by atoms with Crippen LogP contribution in [0.4, 0.5) is 11.4 Å². The van der Waals surface area contributed by atoms with Gasteiger partial charge in [0, 0.05) is 78.9 Å². The van der Waals surface area contributed by atoms with Crippen molar-refractivity contribution in [2.45, 2.75) is 76.3 Å². The molecule has 2 aliphatic rings. The van der Waals surface area contributed by atoms with E-state index in [4.69, 9.17) is 0 Å². The molecule has 232 valence electrons. The second-order valence-electron chi connectivity index (χ2n) is 12.0. The van der Waals surface area contributed by atoms with E-state index in [9.17, 15) is 24.6 Å². The quantitative estimate of drug-likeness (QED) is 0.202. The van der Waals surface area contributed by atoms with E-state index in [0.717, 1.165) is 58.0 Å². The molecule has 1 aromatic heterocycles. The van der Waals surface area contributed by atoms with Crippen LogP contribution in [0.3, 0.4) is 0 Å². The number of anilines is 2. The number of nitrogens with zero attached hydrogens (tertiary/aromatic N) is 2. The lowest BCUT2D eigenvalue weighted by Crippen LogP contribution is -2.41. The molecule has 2 saturated heterocycles. The van der Waals surface area contributed by atoms with Gasteiger partial charge in [0.2, 0.25) is 11.8 Å². The number of aromatic amines is 1. The van der Waals surface area contributed by atoms with Gasteiger partial charge in [-0.15, -0.1) is 0 Å². The second-order valence-corrected chi connectivity index (χ2v) is 12.0. The number of rotatable bonds is 12. The Kier molecular flexibility index (Phi) is 10.8. The molecule has 3 aromatic rings. The van der Waals surface area contributed by atoms with Gasteiger partial charge in [0.25, 0.3) is 0 Å². The predicted octanol–water partition coefficient (Wildman–Crippen LogP) is 3.81.